The molecule has 0 spiro atoms. The lowest BCUT2D eigenvalue weighted by atomic mass is 10.1. The number of rotatable bonds is 4. The minimum Gasteiger partial charge on any atom is -0.493 e. The van der Waals surface area contributed by atoms with Crippen LogP contribution >= 0.6 is 0 Å². The molecular weight excluding hydrogens is 244 g/mol. The summed E-state index contributed by atoms with van der Waals surface area (Å²) < 4.78 is 16.0. The Kier molecular flexibility index (Phi) is 4.10. The lowest BCUT2D eigenvalue weighted by Gasteiger charge is -2.14. The zero-order valence-electron chi connectivity index (χ0n) is 11.5. The summed E-state index contributed by atoms with van der Waals surface area (Å²) in [5.74, 6) is 2.13. The highest BCUT2D eigenvalue weighted by Crippen LogP contribution is 2.41. The topological polar surface area (TPSA) is 44.8 Å². The van der Waals surface area contributed by atoms with Crippen molar-refractivity contribution < 1.29 is 19.0 Å². The van der Waals surface area contributed by atoms with Gasteiger partial charge in [-0.25, -0.2) is 0 Å². The molecule has 1 aliphatic carbocycles. The monoisotopic (exact) mass is 262 g/mol. The van der Waals surface area contributed by atoms with Crippen LogP contribution in [0.4, 0.5) is 0 Å². The Morgan fingerprint density at radius 3 is 2.26 bits per heavy atom. The first-order valence-corrected chi connectivity index (χ1v) is 6.19. The molecule has 0 bridgehead atoms. The van der Waals surface area contributed by atoms with E-state index < -0.39 is 0 Å². The fourth-order valence-electron chi connectivity index (χ4n) is 2.31. The van der Waals surface area contributed by atoms with Gasteiger partial charge in [0.1, 0.15) is 5.78 Å². The summed E-state index contributed by atoms with van der Waals surface area (Å²) in [6, 6.07) is 3.75. The molecule has 0 aromatic heterocycles. The van der Waals surface area contributed by atoms with Crippen molar-refractivity contribution in [1.29, 1.82) is 0 Å². The Morgan fingerprint density at radius 2 is 1.74 bits per heavy atom. The van der Waals surface area contributed by atoms with E-state index in [1.807, 2.05) is 18.2 Å². The van der Waals surface area contributed by atoms with Gasteiger partial charge in [0.2, 0.25) is 5.75 Å². The minimum atomic E-state index is 0.297. The van der Waals surface area contributed by atoms with Crippen LogP contribution in [0, 0.1) is 0 Å². The van der Waals surface area contributed by atoms with E-state index in [2.05, 4.69) is 0 Å². The zero-order chi connectivity index (χ0) is 13.8. The van der Waals surface area contributed by atoms with Crippen LogP contribution in [0.1, 0.15) is 24.8 Å². The van der Waals surface area contributed by atoms with E-state index in [0.29, 0.717) is 35.9 Å². The van der Waals surface area contributed by atoms with E-state index in [1.54, 1.807) is 21.3 Å². The van der Waals surface area contributed by atoms with Crippen LogP contribution < -0.4 is 14.2 Å². The van der Waals surface area contributed by atoms with E-state index in [-0.39, 0.29) is 0 Å². The van der Waals surface area contributed by atoms with Gasteiger partial charge in [0.15, 0.2) is 11.5 Å². The maximum atomic E-state index is 11.3. The van der Waals surface area contributed by atoms with Gasteiger partial charge in [-0.2, -0.15) is 0 Å². The molecule has 1 aromatic carbocycles. The molecule has 0 atom stereocenters. The molecule has 19 heavy (non-hydrogen) atoms. The van der Waals surface area contributed by atoms with Crippen molar-refractivity contribution in [2.24, 2.45) is 0 Å². The molecule has 1 saturated carbocycles. The summed E-state index contributed by atoms with van der Waals surface area (Å²) >= 11 is 0. The maximum absolute atomic E-state index is 11.3. The number of ketones is 1. The third-order valence-corrected chi connectivity index (χ3v) is 3.24. The summed E-state index contributed by atoms with van der Waals surface area (Å²) in [5, 5.41) is 0. The molecule has 102 valence electrons. The molecular formula is C15H18O4. The standard InChI is InChI=1S/C15H18O4/c1-17-13-7-5-11(14(18-2)15(13)19-3)8-10-4-6-12(16)9-10/h5,7-8H,4,6,9H2,1-3H3/b10-8-. The first kappa shape index (κ1) is 13.5. The second kappa shape index (κ2) is 5.78. The average Bonchev–Trinajstić information content (AvgIpc) is 2.83. The second-order valence-electron chi connectivity index (χ2n) is 4.44. The molecule has 1 aliphatic rings. The highest BCUT2D eigenvalue weighted by atomic mass is 16.5. The van der Waals surface area contributed by atoms with Gasteiger partial charge in [-0.3, -0.25) is 4.79 Å². The smallest absolute Gasteiger partial charge is 0.203 e. The normalized spacial score (nSPS) is 16.8. The first-order chi connectivity index (χ1) is 9.19. The summed E-state index contributed by atoms with van der Waals surface area (Å²) in [6.07, 6.45) is 4.01. The van der Waals surface area contributed by atoms with Gasteiger partial charge in [-0.15, -0.1) is 0 Å². The molecule has 4 heteroatoms. The van der Waals surface area contributed by atoms with Crippen molar-refractivity contribution in [2.75, 3.05) is 21.3 Å². The third-order valence-electron chi connectivity index (χ3n) is 3.24. The Bertz CT molecular complexity index is 517. The molecule has 0 N–H and O–H groups in total. The van der Waals surface area contributed by atoms with Crippen LogP contribution in [-0.4, -0.2) is 27.1 Å². The second-order valence-corrected chi connectivity index (χ2v) is 4.44. The zero-order valence-corrected chi connectivity index (χ0v) is 11.5. The molecule has 2 rings (SSSR count). The Hall–Kier alpha value is -1.97. The van der Waals surface area contributed by atoms with Crippen LogP contribution in [0.3, 0.4) is 0 Å². The third kappa shape index (κ3) is 2.72. The van der Waals surface area contributed by atoms with Crippen LogP contribution in [0.15, 0.2) is 17.7 Å². The number of carbonyl (C=O) groups excluding carboxylic acids is 1. The predicted octanol–water partition coefficient (Wildman–Crippen LogP) is 2.85. The van der Waals surface area contributed by atoms with E-state index >= 15 is 0 Å². The predicted molar refractivity (Wildman–Crippen MR) is 72.9 cm³/mol. The minimum absolute atomic E-state index is 0.297. The van der Waals surface area contributed by atoms with E-state index in [0.717, 1.165) is 17.6 Å². The van der Waals surface area contributed by atoms with Crippen molar-refractivity contribution in [3.63, 3.8) is 0 Å². The van der Waals surface area contributed by atoms with Gasteiger partial charge in [0, 0.05) is 18.4 Å². The number of benzene rings is 1. The lowest BCUT2D eigenvalue weighted by Crippen LogP contribution is -1.97. The number of Topliss-reactive ketones (excluding diaryl/α,β-unsaturated/α-hetero) is 1. The van der Waals surface area contributed by atoms with Crippen molar-refractivity contribution in [3.8, 4) is 17.2 Å². The molecule has 0 amide bonds. The molecule has 0 unspecified atom stereocenters. The quantitative estimate of drug-likeness (QED) is 0.837. The van der Waals surface area contributed by atoms with Gasteiger partial charge >= 0.3 is 0 Å². The Labute approximate surface area is 113 Å². The van der Waals surface area contributed by atoms with E-state index in [1.165, 1.54) is 0 Å². The average molecular weight is 262 g/mol. The lowest BCUT2D eigenvalue weighted by molar-refractivity contribution is -0.117. The number of hydrogen-bond donors (Lipinski definition) is 0. The fourth-order valence-corrected chi connectivity index (χ4v) is 2.31. The van der Waals surface area contributed by atoms with E-state index in [9.17, 15) is 4.79 Å². The molecule has 1 aromatic rings. The molecule has 0 saturated heterocycles. The maximum Gasteiger partial charge on any atom is 0.203 e. The summed E-state index contributed by atoms with van der Waals surface area (Å²) in [6.45, 7) is 0. The van der Waals surface area contributed by atoms with Crippen LogP contribution in [-0.2, 0) is 4.79 Å². The van der Waals surface area contributed by atoms with Gasteiger partial charge < -0.3 is 14.2 Å². The van der Waals surface area contributed by atoms with Crippen molar-refractivity contribution in [2.45, 2.75) is 19.3 Å². The van der Waals surface area contributed by atoms with Crippen molar-refractivity contribution in [3.05, 3.63) is 23.3 Å². The van der Waals surface area contributed by atoms with Crippen LogP contribution in [0.25, 0.3) is 6.08 Å². The van der Waals surface area contributed by atoms with Crippen LogP contribution in [0.2, 0.25) is 0 Å². The Balaban J connectivity index is 2.43. The van der Waals surface area contributed by atoms with Crippen LogP contribution in [0.5, 0.6) is 17.2 Å². The number of allylic oxidation sites excluding steroid dienone is 1. The molecule has 0 heterocycles. The van der Waals surface area contributed by atoms with E-state index in [4.69, 9.17) is 14.2 Å². The number of carbonyl (C=O) groups is 1. The molecule has 0 aliphatic heterocycles. The number of ether oxygens (including phenoxy) is 3. The SMILES string of the molecule is COc1ccc(/C=C2/CCC(=O)C2)c(OC)c1OC. The molecule has 4 nitrogen and oxygen atoms in total. The first-order valence-electron chi connectivity index (χ1n) is 6.19. The van der Waals surface area contributed by atoms with Gasteiger partial charge in [0.25, 0.3) is 0 Å². The summed E-state index contributed by atoms with van der Waals surface area (Å²) in [5.41, 5.74) is 2.04. The number of methoxy groups -OCH3 is 3. The summed E-state index contributed by atoms with van der Waals surface area (Å²) in [4.78, 5) is 11.3. The van der Waals surface area contributed by atoms with Gasteiger partial charge in [0.05, 0.1) is 21.3 Å². The summed E-state index contributed by atoms with van der Waals surface area (Å²) in [7, 11) is 4.76. The number of hydrogen-bond acceptors (Lipinski definition) is 4. The fraction of sp³-hybridized carbons (Fsp3) is 0.400. The Morgan fingerprint density at radius 1 is 1.00 bits per heavy atom. The van der Waals surface area contributed by atoms with Gasteiger partial charge in [-0.05, 0) is 18.6 Å². The highest BCUT2D eigenvalue weighted by molar-refractivity contribution is 5.86. The van der Waals surface area contributed by atoms with Crippen molar-refractivity contribution >= 4 is 11.9 Å². The molecule has 1 fully saturated rings. The largest absolute Gasteiger partial charge is 0.493 e. The highest BCUT2D eigenvalue weighted by Gasteiger charge is 2.18. The van der Waals surface area contributed by atoms with Crippen molar-refractivity contribution in [1.82, 2.24) is 0 Å². The molecule has 0 radical (unpaired) electrons. The van der Waals surface area contributed by atoms with Gasteiger partial charge in [-0.1, -0.05) is 11.6 Å².